The molecule has 0 radical (unpaired) electrons. The molecule has 0 aromatic heterocycles. The quantitative estimate of drug-likeness (QED) is 0.359. The normalized spacial score (nSPS) is 10.8. The van der Waals surface area contributed by atoms with Crippen LogP contribution in [0.3, 0.4) is 0 Å². The number of hydrogen-bond donors (Lipinski definition) is 1. The zero-order chi connectivity index (χ0) is 17.5. The smallest absolute Gasteiger partial charge is 0.379 e. The van der Waals surface area contributed by atoms with Gasteiger partial charge < -0.3 is 14.8 Å². The molecule has 0 aliphatic carbocycles. The second-order valence-corrected chi connectivity index (χ2v) is 5.93. The molecule has 0 fully saturated rings. The van der Waals surface area contributed by atoms with E-state index in [1.165, 1.54) is 12.1 Å². The Bertz CT molecular complexity index is 557. The third kappa shape index (κ3) is 6.10. The lowest BCUT2D eigenvalue weighted by molar-refractivity contribution is -0.137. The van der Waals surface area contributed by atoms with Gasteiger partial charge in [0, 0.05) is 11.0 Å². The average molecular weight is 321 g/mol. The van der Waals surface area contributed by atoms with Crippen molar-refractivity contribution in [1.82, 2.24) is 5.32 Å². The number of ketones is 1. The van der Waals surface area contributed by atoms with Crippen molar-refractivity contribution in [3.05, 3.63) is 29.8 Å². The first-order valence-corrected chi connectivity index (χ1v) is 7.48. The highest BCUT2D eigenvalue weighted by Gasteiger charge is 2.20. The highest BCUT2D eigenvalue weighted by atomic mass is 16.5. The van der Waals surface area contributed by atoms with Gasteiger partial charge in [-0.1, -0.05) is 20.8 Å². The minimum atomic E-state index is -0.869. The molecule has 0 aliphatic heterocycles. The molecule has 0 saturated heterocycles. The molecule has 0 atom stereocenters. The van der Waals surface area contributed by atoms with Gasteiger partial charge in [-0.25, -0.2) is 4.79 Å². The van der Waals surface area contributed by atoms with Gasteiger partial charge >= 0.3 is 5.97 Å². The highest BCUT2D eigenvalue weighted by Crippen LogP contribution is 2.14. The molecule has 1 rings (SSSR count). The zero-order valence-electron chi connectivity index (χ0n) is 14.0. The average Bonchev–Trinajstić information content (AvgIpc) is 2.50. The van der Waals surface area contributed by atoms with E-state index in [0.717, 1.165) is 0 Å². The SMILES string of the molecule is CCOC(=O)C(=O)c1ccc(OCCNC(=O)C(C)(C)C)cc1. The predicted molar refractivity (Wildman–Crippen MR) is 85.4 cm³/mol. The summed E-state index contributed by atoms with van der Waals surface area (Å²) in [4.78, 5) is 34.7. The van der Waals surface area contributed by atoms with E-state index in [-0.39, 0.29) is 18.1 Å². The van der Waals surface area contributed by atoms with Crippen molar-refractivity contribution in [1.29, 1.82) is 0 Å². The van der Waals surface area contributed by atoms with Gasteiger partial charge in [-0.2, -0.15) is 0 Å². The summed E-state index contributed by atoms with van der Waals surface area (Å²) in [6.45, 7) is 8.01. The van der Waals surface area contributed by atoms with Crippen LogP contribution in [0.15, 0.2) is 24.3 Å². The number of Topliss-reactive ketones (excluding diaryl/α,β-unsaturated/α-hetero) is 1. The van der Waals surface area contributed by atoms with Gasteiger partial charge in [0.1, 0.15) is 12.4 Å². The van der Waals surface area contributed by atoms with Crippen LogP contribution in [-0.2, 0) is 14.3 Å². The number of ether oxygens (including phenoxy) is 2. The summed E-state index contributed by atoms with van der Waals surface area (Å²) in [5.41, 5.74) is -0.188. The Morgan fingerprint density at radius 3 is 2.22 bits per heavy atom. The lowest BCUT2D eigenvalue weighted by atomic mass is 9.96. The second kappa shape index (κ2) is 8.31. The van der Waals surface area contributed by atoms with Crippen LogP contribution in [0.2, 0.25) is 0 Å². The predicted octanol–water partition coefficient (Wildman–Crippen LogP) is 1.97. The number of benzene rings is 1. The Kier molecular flexibility index (Phi) is 6.75. The monoisotopic (exact) mass is 321 g/mol. The molecule has 0 unspecified atom stereocenters. The number of carbonyl (C=O) groups excluding carboxylic acids is 3. The maximum atomic E-state index is 11.7. The molecule has 0 bridgehead atoms. The molecule has 126 valence electrons. The Morgan fingerprint density at radius 2 is 1.70 bits per heavy atom. The van der Waals surface area contributed by atoms with E-state index in [9.17, 15) is 14.4 Å². The van der Waals surface area contributed by atoms with Gasteiger partial charge in [-0.3, -0.25) is 9.59 Å². The molecular formula is C17H23NO5. The third-order valence-corrected chi connectivity index (χ3v) is 2.91. The molecule has 0 saturated carbocycles. The molecule has 0 aliphatic rings. The van der Waals surface area contributed by atoms with E-state index in [1.807, 2.05) is 20.8 Å². The Labute approximate surface area is 136 Å². The van der Waals surface area contributed by atoms with Crippen LogP contribution in [0, 0.1) is 5.41 Å². The molecule has 6 heteroatoms. The third-order valence-electron chi connectivity index (χ3n) is 2.91. The van der Waals surface area contributed by atoms with Crippen LogP contribution in [0.1, 0.15) is 38.1 Å². The minimum Gasteiger partial charge on any atom is -0.492 e. The van der Waals surface area contributed by atoms with Crippen molar-refractivity contribution >= 4 is 17.7 Å². The maximum absolute atomic E-state index is 11.7. The molecule has 1 amide bonds. The van der Waals surface area contributed by atoms with Crippen molar-refractivity contribution in [3.8, 4) is 5.75 Å². The van der Waals surface area contributed by atoms with Crippen LogP contribution in [-0.4, -0.2) is 37.4 Å². The summed E-state index contributed by atoms with van der Waals surface area (Å²) in [5, 5.41) is 2.77. The summed E-state index contributed by atoms with van der Waals surface area (Å²) in [5.74, 6) is -1.05. The Hall–Kier alpha value is -2.37. The number of esters is 1. The van der Waals surface area contributed by atoms with Crippen LogP contribution >= 0.6 is 0 Å². The largest absolute Gasteiger partial charge is 0.492 e. The van der Waals surface area contributed by atoms with E-state index >= 15 is 0 Å². The second-order valence-electron chi connectivity index (χ2n) is 5.93. The van der Waals surface area contributed by atoms with E-state index in [1.54, 1.807) is 19.1 Å². The fourth-order valence-corrected chi connectivity index (χ4v) is 1.62. The summed E-state index contributed by atoms with van der Waals surface area (Å²) in [6.07, 6.45) is 0. The lowest BCUT2D eigenvalue weighted by Gasteiger charge is -2.17. The van der Waals surface area contributed by atoms with Crippen molar-refractivity contribution < 1.29 is 23.9 Å². The summed E-state index contributed by atoms with van der Waals surface area (Å²) in [6, 6.07) is 6.20. The molecule has 0 heterocycles. The van der Waals surface area contributed by atoms with Crippen LogP contribution < -0.4 is 10.1 Å². The molecule has 1 N–H and O–H groups in total. The first-order valence-electron chi connectivity index (χ1n) is 7.48. The molecule has 6 nitrogen and oxygen atoms in total. The lowest BCUT2D eigenvalue weighted by Crippen LogP contribution is -2.37. The number of hydrogen-bond acceptors (Lipinski definition) is 5. The standard InChI is InChI=1S/C17H23NO5/c1-5-22-15(20)14(19)12-6-8-13(9-7-12)23-11-10-18-16(21)17(2,3)4/h6-9H,5,10-11H2,1-4H3,(H,18,21). The summed E-state index contributed by atoms with van der Waals surface area (Å²) >= 11 is 0. The number of amides is 1. The molecular weight excluding hydrogens is 298 g/mol. The van der Waals surface area contributed by atoms with Gasteiger partial charge in [-0.05, 0) is 31.2 Å². The van der Waals surface area contributed by atoms with E-state index in [2.05, 4.69) is 10.1 Å². The maximum Gasteiger partial charge on any atom is 0.379 e. The van der Waals surface area contributed by atoms with Crippen molar-refractivity contribution in [2.45, 2.75) is 27.7 Å². The Morgan fingerprint density at radius 1 is 1.09 bits per heavy atom. The zero-order valence-corrected chi connectivity index (χ0v) is 14.0. The van der Waals surface area contributed by atoms with Gasteiger partial charge in [0.05, 0.1) is 13.2 Å². The van der Waals surface area contributed by atoms with Crippen LogP contribution in [0.4, 0.5) is 0 Å². The van der Waals surface area contributed by atoms with Crippen LogP contribution in [0.25, 0.3) is 0 Å². The fraction of sp³-hybridized carbons (Fsp3) is 0.471. The number of carbonyl (C=O) groups is 3. The Balaban J connectivity index is 2.44. The molecule has 0 spiro atoms. The number of nitrogens with one attached hydrogen (secondary N) is 1. The molecule has 1 aromatic carbocycles. The topological polar surface area (TPSA) is 81.7 Å². The van der Waals surface area contributed by atoms with E-state index in [0.29, 0.717) is 18.9 Å². The van der Waals surface area contributed by atoms with Crippen molar-refractivity contribution in [2.75, 3.05) is 19.8 Å². The fourth-order valence-electron chi connectivity index (χ4n) is 1.62. The molecule has 1 aromatic rings. The van der Waals surface area contributed by atoms with Crippen LogP contribution in [0.5, 0.6) is 5.75 Å². The van der Waals surface area contributed by atoms with Gasteiger partial charge in [0.15, 0.2) is 0 Å². The van der Waals surface area contributed by atoms with E-state index in [4.69, 9.17) is 4.74 Å². The molecule has 23 heavy (non-hydrogen) atoms. The van der Waals surface area contributed by atoms with Crippen molar-refractivity contribution in [2.24, 2.45) is 5.41 Å². The van der Waals surface area contributed by atoms with E-state index < -0.39 is 17.2 Å². The summed E-state index contributed by atoms with van der Waals surface area (Å²) in [7, 11) is 0. The van der Waals surface area contributed by atoms with Gasteiger partial charge in [0.25, 0.3) is 5.78 Å². The minimum absolute atomic E-state index is 0.0449. The van der Waals surface area contributed by atoms with Gasteiger partial charge in [0.2, 0.25) is 5.91 Å². The first kappa shape index (κ1) is 18.7. The van der Waals surface area contributed by atoms with Crippen molar-refractivity contribution in [3.63, 3.8) is 0 Å². The first-order chi connectivity index (χ1) is 10.8. The summed E-state index contributed by atoms with van der Waals surface area (Å²) < 4.78 is 10.1. The highest BCUT2D eigenvalue weighted by molar-refractivity contribution is 6.40. The van der Waals surface area contributed by atoms with Gasteiger partial charge in [-0.15, -0.1) is 0 Å². The number of rotatable bonds is 7.